The van der Waals surface area contributed by atoms with E-state index >= 15 is 0 Å². The number of hydrogen-bond acceptors (Lipinski definition) is 0. The molecule has 0 aliphatic heterocycles. The summed E-state index contributed by atoms with van der Waals surface area (Å²) in [4.78, 5) is 0. The molecule has 0 heterocycles. The summed E-state index contributed by atoms with van der Waals surface area (Å²) in [5, 5.41) is 0. The van der Waals surface area contributed by atoms with E-state index in [-0.39, 0.29) is 0 Å². The van der Waals surface area contributed by atoms with Crippen molar-refractivity contribution in [1.82, 2.24) is 0 Å². The maximum Gasteiger partial charge on any atom is -0.0114 e. The Labute approximate surface area is 83.7 Å². The van der Waals surface area contributed by atoms with Gasteiger partial charge in [-0.25, -0.2) is 0 Å². The van der Waals surface area contributed by atoms with Crippen molar-refractivity contribution in [3.8, 4) is 0 Å². The van der Waals surface area contributed by atoms with E-state index in [1.165, 1.54) is 24.0 Å². The van der Waals surface area contributed by atoms with Crippen molar-refractivity contribution in [2.24, 2.45) is 11.8 Å². The Kier molecular flexibility index (Phi) is 5.77. The first-order valence-corrected chi connectivity index (χ1v) is 5.31. The monoisotopic (exact) mass is 180 g/mol. The van der Waals surface area contributed by atoms with Gasteiger partial charge < -0.3 is 0 Å². The fraction of sp³-hybridized carbons (Fsp3) is 0.692. The lowest BCUT2D eigenvalue weighted by molar-refractivity contribution is 0.403. The number of hydrogen-bond donors (Lipinski definition) is 0. The Morgan fingerprint density at radius 1 is 1.23 bits per heavy atom. The molecule has 0 nitrogen and oxygen atoms in total. The first-order chi connectivity index (χ1) is 5.99. The Hall–Kier alpha value is -0.520. The maximum atomic E-state index is 4.14. The summed E-state index contributed by atoms with van der Waals surface area (Å²) in [6.07, 6.45) is 3.57. The molecule has 0 aromatic heterocycles. The molecule has 0 radical (unpaired) electrons. The summed E-state index contributed by atoms with van der Waals surface area (Å²) in [6, 6.07) is 0. The van der Waals surface area contributed by atoms with Gasteiger partial charge in [0.05, 0.1) is 0 Å². The third-order valence-electron chi connectivity index (χ3n) is 2.77. The Morgan fingerprint density at radius 3 is 2.15 bits per heavy atom. The van der Waals surface area contributed by atoms with E-state index in [1.54, 1.807) is 0 Å². The lowest BCUT2D eigenvalue weighted by Crippen LogP contribution is -2.10. The second-order valence-electron chi connectivity index (χ2n) is 4.35. The van der Waals surface area contributed by atoms with Crippen molar-refractivity contribution in [3.05, 3.63) is 24.3 Å². The quantitative estimate of drug-likeness (QED) is 0.525. The highest BCUT2D eigenvalue weighted by Gasteiger charge is 2.13. The fourth-order valence-electron chi connectivity index (χ4n) is 1.66. The van der Waals surface area contributed by atoms with Crippen LogP contribution in [0, 0.1) is 11.8 Å². The molecule has 0 saturated heterocycles. The van der Waals surface area contributed by atoms with Gasteiger partial charge in [-0.1, -0.05) is 57.9 Å². The average Bonchev–Trinajstić information content (AvgIpc) is 2.02. The number of allylic oxidation sites excluding steroid dienone is 2. The molecule has 0 spiro atoms. The minimum atomic E-state index is 0.636. The zero-order chi connectivity index (χ0) is 10.4. The summed E-state index contributed by atoms with van der Waals surface area (Å²) < 4.78 is 0. The second-order valence-corrected chi connectivity index (χ2v) is 4.35. The molecular formula is C13H24. The van der Waals surface area contributed by atoms with Crippen molar-refractivity contribution in [3.63, 3.8) is 0 Å². The zero-order valence-electron chi connectivity index (χ0n) is 9.69. The Morgan fingerprint density at radius 2 is 1.77 bits per heavy atom. The largest absolute Gasteiger partial charge is 0.0998 e. The predicted octanol–water partition coefficient (Wildman–Crippen LogP) is 4.58. The van der Waals surface area contributed by atoms with E-state index < -0.39 is 0 Å². The maximum absolute atomic E-state index is 4.14. The average molecular weight is 180 g/mol. The highest BCUT2D eigenvalue weighted by Crippen LogP contribution is 2.26. The predicted molar refractivity (Wildman–Crippen MR) is 61.8 cm³/mol. The van der Waals surface area contributed by atoms with Gasteiger partial charge in [0.15, 0.2) is 0 Å². The molecule has 2 atom stereocenters. The van der Waals surface area contributed by atoms with Gasteiger partial charge in [0.2, 0.25) is 0 Å². The lowest BCUT2D eigenvalue weighted by Gasteiger charge is -2.21. The standard InChI is InChI=1S/C13H24/c1-7-8-11(4)13(6)12(5)9-10(2)3/h11,13H,2,5,7-9H2,1,3-4,6H3. The van der Waals surface area contributed by atoms with Crippen LogP contribution in [0.1, 0.15) is 47.0 Å². The van der Waals surface area contributed by atoms with Crippen molar-refractivity contribution < 1.29 is 0 Å². The van der Waals surface area contributed by atoms with Gasteiger partial charge in [-0.15, -0.1) is 0 Å². The summed E-state index contributed by atoms with van der Waals surface area (Å²) in [7, 11) is 0. The highest BCUT2D eigenvalue weighted by atomic mass is 14.2. The van der Waals surface area contributed by atoms with Crippen LogP contribution in [0.3, 0.4) is 0 Å². The molecule has 0 aliphatic carbocycles. The molecule has 0 N–H and O–H groups in total. The van der Waals surface area contributed by atoms with E-state index in [9.17, 15) is 0 Å². The van der Waals surface area contributed by atoms with Gasteiger partial charge >= 0.3 is 0 Å². The van der Waals surface area contributed by atoms with Crippen LogP contribution in [0.2, 0.25) is 0 Å². The van der Waals surface area contributed by atoms with Crippen LogP contribution in [0.5, 0.6) is 0 Å². The normalized spacial score (nSPS) is 15.1. The molecule has 0 amide bonds. The highest BCUT2D eigenvalue weighted by molar-refractivity contribution is 5.10. The topological polar surface area (TPSA) is 0 Å². The van der Waals surface area contributed by atoms with Crippen LogP contribution in [0.4, 0.5) is 0 Å². The molecule has 0 rings (SSSR count). The lowest BCUT2D eigenvalue weighted by atomic mass is 9.84. The molecule has 0 bridgehead atoms. The fourth-order valence-corrected chi connectivity index (χ4v) is 1.66. The van der Waals surface area contributed by atoms with Gasteiger partial charge in [-0.2, -0.15) is 0 Å². The molecule has 76 valence electrons. The third-order valence-corrected chi connectivity index (χ3v) is 2.77. The molecule has 0 aliphatic rings. The van der Waals surface area contributed by atoms with Gasteiger partial charge in [0.25, 0.3) is 0 Å². The minimum Gasteiger partial charge on any atom is -0.0998 e. The van der Waals surface area contributed by atoms with Crippen LogP contribution < -0.4 is 0 Å². The molecule has 0 heteroatoms. The van der Waals surface area contributed by atoms with Crippen LogP contribution >= 0.6 is 0 Å². The molecule has 2 unspecified atom stereocenters. The van der Waals surface area contributed by atoms with E-state index in [0.717, 1.165) is 12.3 Å². The molecule has 0 aromatic rings. The molecule has 13 heavy (non-hydrogen) atoms. The first kappa shape index (κ1) is 12.5. The van der Waals surface area contributed by atoms with Crippen LogP contribution in [0.15, 0.2) is 24.3 Å². The Balaban J connectivity index is 4.01. The van der Waals surface area contributed by atoms with E-state index in [1.807, 2.05) is 0 Å². The summed E-state index contributed by atoms with van der Waals surface area (Å²) in [5.41, 5.74) is 2.56. The smallest absolute Gasteiger partial charge is 0.0114 e. The summed E-state index contributed by atoms with van der Waals surface area (Å²) in [6.45, 7) is 17.0. The third kappa shape index (κ3) is 4.92. The minimum absolute atomic E-state index is 0.636. The molecular weight excluding hydrogens is 156 g/mol. The molecule has 0 saturated carbocycles. The molecule has 0 fully saturated rings. The molecule has 0 aromatic carbocycles. The van der Waals surface area contributed by atoms with E-state index in [4.69, 9.17) is 0 Å². The van der Waals surface area contributed by atoms with Crippen molar-refractivity contribution in [2.45, 2.75) is 47.0 Å². The van der Waals surface area contributed by atoms with Crippen molar-refractivity contribution in [1.29, 1.82) is 0 Å². The SMILES string of the molecule is C=C(C)CC(=C)C(C)C(C)CCC. The van der Waals surface area contributed by atoms with Crippen LogP contribution in [0.25, 0.3) is 0 Å². The van der Waals surface area contributed by atoms with Gasteiger partial charge in [0, 0.05) is 0 Å². The van der Waals surface area contributed by atoms with E-state index in [2.05, 4.69) is 40.9 Å². The van der Waals surface area contributed by atoms with Gasteiger partial charge in [0.1, 0.15) is 0 Å². The Bertz CT molecular complexity index is 176. The van der Waals surface area contributed by atoms with Crippen molar-refractivity contribution >= 4 is 0 Å². The van der Waals surface area contributed by atoms with Crippen LogP contribution in [-0.2, 0) is 0 Å². The van der Waals surface area contributed by atoms with E-state index in [0.29, 0.717) is 5.92 Å². The summed E-state index contributed by atoms with van der Waals surface area (Å²) in [5.74, 6) is 1.40. The van der Waals surface area contributed by atoms with Crippen molar-refractivity contribution in [2.75, 3.05) is 0 Å². The van der Waals surface area contributed by atoms with Gasteiger partial charge in [-0.3, -0.25) is 0 Å². The van der Waals surface area contributed by atoms with Gasteiger partial charge in [-0.05, 0) is 25.2 Å². The number of rotatable bonds is 6. The summed E-state index contributed by atoms with van der Waals surface area (Å²) >= 11 is 0. The second kappa shape index (κ2) is 6.01. The van der Waals surface area contributed by atoms with Crippen LogP contribution in [-0.4, -0.2) is 0 Å². The zero-order valence-corrected chi connectivity index (χ0v) is 9.69. The first-order valence-electron chi connectivity index (χ1n) is 5.31.